The quantitative estimate of drug-likeness (QED) is 0.561. The van der Waals surface area contributed by atoms with E-state index in [0.717, 1.165) is 5.56 Å². The van der Waals surface area contributed by atoms with Crippen molar-refractivity contribution in [3.63, 3.8) is 0 Å². The maximum Gasteiger partial charge on any atom is 0.144 e. The highest BCUT2D eigenvalue weighted by atomic mass is 32.2. The van der Waals surface area contributed by atoms with Crippen LogP contribution in [0.3, 0.4) is 0 Å². The molecule has 1 aromatic rings. The van der Waals surface area contributed by atoms with Crippen LogP contribution in [-0.4, -0.2) is 15.5 Å². The van der Waals surface area contributed by atoms with Gasteiger partial charge in [-0.2, -0.15) is 0 Å². The monoisotopic (exact) mass is 223 g/mol. The minimum Gasteiger partial charge on any atom is -0.591 e. The largest absolute Gasteiger partial charge is 0.591 e. The number of hydrogen-bond acceptors (Lipinski definition) is 2. The van der Waals surface area contributed by atoms with Crippen LogP contribution in [0.1, 0.15) is 31.9 Å². The van der Waals surface area contributed by atoms with E-state index < -0.39 is 11.4 Å². The van der Waals surface area contributed by atoms with Crippen LogP contribution in [0.5, 0.6) is 0 Å². The average Bonchev–Trinajstić information content (AvgIpc) is 2.15. The number of hydrogen-bond donors (Lipinski definition) is 0. The summed E-state index contributed by atoms with van der Waals surface area (Å²) in [5, 5.41) is 0. The predicted molar refractivity (Wildman–Crippen MR) is 66.7 cm³/mol. The standard InChI is InChI=1S/C12H17NOS/c1-10-5-7-11(8-6-10)9-13-15(14)12(2,3)4/h5-9H,1-4H3/t15-/m0/s1. The fourth-order valence-corrected chi connectivity index (χ4v) is 1.45. The van der Waals surface area contributed by atoms with Gasteiger partial charge in [-0.1, -0.05) is 34.2 Å². The zero-order chi connectivity index (χ0) is 11.5. The minimum absolute atomic E-state index is 0.290. The topological polar surface area (TPSA) is 35.4 Å². The summed E-state index contributed by atoms with van der Waals surface area (Å²) in [7, 11) is 0. The first-order valence-corrected chi connectivity index (χ1v) is 6.03. The van der Waals surface area contributed by atoms with Crippen LogP contribution in [0.25, 0.3) is 0 Å². The molecule has 0 aliphatic heterocycles. The van der Waals surface area contributed by atoms with Gasteiger partial charge in [-0.15, -0.1) is 0 Å². The highest BCUT2D eigenvalue weighted by Crippen LogP contribution is 2.16. The Labute approximate surface area is 94.7 Å². The molecule has 0 unspecified atom stereocenters. The smallest absolute Gasteiger partial charge is 0.144 e. The van der Waals surface area contributed by atoms with E-state index in [-0.39, 0.29) is 4.75 Å². The third-order valence-corrected chi connectivity index (χ3v) is 3.24. The number of aryl methyl sites for hydroxylation is 1. The predicted octanol–water partition coefficient (Wildman–Crippen LogP) is 2.88. The fourth-order valence-electron chi connectivity index (χ4n) is 0.919. The van der Waals surface area contributed by atoms with Crippen LogP contribution >= 0.6 is 0 Å². The maximum atomic E-state index is 11.6. The molecule has 0 spiro atoms. The van der Waals surface area contributed by atoms with E-state index in [2.05, 4.69) is 4.40 Å². The molecule has 0 bridgehead atoms. The highest BCUT2D eigenvalue weighted by Gasteiger charge is 2.25. The van der Waals surface area contributed by atoms with Crippen LogP contribution in [0.15, 0.2) is 28.7 Å². The molecule has 2 nitrogen and oxygen atoms in total. The molecule has 1 rings (SSSR count). The lowest BCUT2D eigenvalue weighted by molar-refractivity contribution is 0.562. The van der Waals surface area contributed by atoms with Crippen molar-refractivity contribution in [2.45, 2.75) is 32.4 Å². The number of nitrogens with zero attached hydrogens (tertiary/aromatic N) is 1. The zero-order valence-corrected chi connectivity index (χ0v) is 10.5. The van der Waals surface area contributed by atoms with Crippen LogP contribution in [0.4, 0.5) is 0 Å². The molecule has 0 radical (unpaired) electrons. The zero-order valence-electron chi connectivity index (χ0n) is 9.65. The van der Waals surface area contributed by atoms with Crippen molar-refractivity contribution in [1.82, 2.24) is 0 Å². The molecule has 0 aliphatic carbocycles. The lowest BCUT2D eigenvalue weighted by Crippen LogP contribution is -2.25. The normalized spacial score (nSPS) is 14.5. The van der Waals surface area contributed by atoms with Crippen molar-refractivity contribution < 1.29 is 4.55 Å². The van der Waals surface area contributed by atoms with E-state index in [1.165, 1.54) is 5.56 Å². The second kappa shape index (κ2) is 4.81. The van der Waals surface area contributed by atoms with E-state index >= 15 is 0 Å². The Hall–Kier alpha value is -0.800. The highest BCUT2D eigenvalue weighted by molar-refractivity contribution is 7.91. The molecule has 82 valence electrons. The van der Waals surface area contributed by atoms with Crippen molar-refractivity contribution in [2.24, 2.45) is 4.40 Å². The molecule has 0 aromatic heterocycles. The van der Waals surface area contributed by atoms with Crippen LogP contribution < -0.4 is 0 Å². The van der Waals surface area contributed by atoms with E-state index in [9.17, 15) is 4.55 Å². The number of benzene rings is 1. The van der Waals surface area contributed by atoms with Crippen molar-refractivity contribution in [3.05, 3.63) is 35.4 Å². The first-order valence-electron chi connectivity index (χ1n) is 4.92. The van der Waals surface area contributed by atoms with Gasteiger partial charge in [0, 0.05) is 0 Å². The Bertz CT molecular complexity index is 338. The lowest BCUT2D eigenvalue weighted by atomic mass is 10.2. The first-order chi connectivity index (χ1) is 6.89. The summed E-state index contributed by atoms with van der Waals surface area (Å²) in [6, 6.07) is 7.97. The summed E-state index contributed by atoms with van der Waals surface area (Å²) in [6.45, 7) is 7.77. The van der Waals surface area contributed by atoms with Gasteiger partial charge in [0.25, 0.3) is 0 Å². The second-order valence-corrected chi connectivity index (χ2v) is 6.44. The van der Waals surface area contributed by atoms with Gasteiger partial charge in [0.15, 0.2) is 0 Å². The summed E-state index contributed by atoms with van der Waals surface area (Å²) >= 11 is -1.17. The molecule has 0 saturated heterocycles. The van der Waals surface area contributed by atoms with E-state index in [1.807, 2.05) is 52.0 Å². The van der Waals surface area contributed by atoms with Crippen molar-refractivity contribution in [2.75, 3.05) is 0 Å². The van der Waals surface area contributed by atoms with Gasteiger partial charge in [0.05, 0.1) is 6.21 Å². The van der Waals surface area contributed by atoms with Gasteiger partial charge in [-0.3, -0.25) is 0 Å². The van der Waals surface area contributed by atoms with Gasteiger partial charge < -0.3 is 4.55 Å². The Morgan fingerprint density at radius 1 is 1.20 bits per heavy atom. The molecule has 0 heterocycles. The molecule has 3 heteroatoms. The van der Waals surface area contributed by atoms with Gasteiger partial charge in [-0.05, 0) is 33.3 Å². The summed E-state index contributed by atoms with van der Waals surface area (Å²) in [6.07, 6.45) is 1.67. The molecule has 0 amide bonds. The molecular weight excluding hydrogens is 206 g/mol. The van der Waals surface area contributed by atoms with E-state index in [0.29, 0.717) is 0 Å². The Kier molecular flexibility index (Phi) is 3.94. The molecule has 0 fully saturated rings. The molecule has 0 N–H and O–H groups in total. The van der Waals surface area contributed by atoms with Crippen LogP contribution in [0, 0.1) is 6.92 Å². The van der Waals surface area contributed by atoms with Gasteiger partial charge >= 0.3 is 0 Å². The molecule has 1 atom stereocenters. The number of rotatable bonds is 2. The van der Waals surface area contributed by atoms with Crippen LogP contribution in [0.2, 0.25) is 0 Å². The summed E-state index contributed by atoms with van der Waals surface area (Å²) < 4.78 is 15.4. The molecule has 1 aromatic carbocycles. The summed E-state index contributed by atoms with van der Waals surface area (Å²) in [4.78, 5) is 0. The summed E-state index contributed by atoms with van der Waals surface area (Å²) in [5.41, 5.74) is 2.20. The Balaban J connectivity index is 2.70. The van der Waals surface area contributed by atoms with Gasteiger partial charge in [-0.25, -0.2) is 0 Å². The first kappa shape index (κ1) is 12.3. The Morgan fingerprint density at radius 3 is 2.20 bits per heavy atom. The molecular formula is C12H17NOS. The van der Waals surface area contributed by atoms with Gasteiger partial charge in [0.2, 0.25) is 0 Å². The molecule has 0 saturated carbocycles. The van der Waals surface area contributed by atoms with Gasteiger partial charge in [0.1, 0.15) is 16.1 Å². The van der Waals surface area contributed by atoms with E-state index in [4.69, 9.17) is 0 Å². The third-order valence-electron chi connectivity index (χ3n) is 1.90. The van der Waals surface area contributed by atoms with Crippen LogP contribution in [-0.2, 0) is 11.4 Å². The van der Waals surface area contributed by atoms with Crippen molar-refractivity contribution in [1.29, 1.82) is 0 Å². The van der Waals surface area contributed by atoms with Crippen molar-refractivity contribution in [3.8, 4) is 0 Å². The average molecular weight is 223 g/mol. The second-order valence-electron chi connectivity index (χ2n) is 4.51. The molecule has 15 heavy (non-hydrogen) atoms. The maximum absolute atomic E-state index is 11.6. The van der Waals surface area contributed by atoms with Crippen molar-refractivity contribution >= 4 is 17.6 Å². The lowest BCUT2D eigenvalue weighted by Gasteiger charge is -2.17. The minimum atomic E-state index is -1.17. The molecule has 0 aliphatic rings. The summed E-state index contributed by atoms with van der Waals surface area (Å²) in [5.74, 6) is 0. The fraction of sp³-hybridized carbons (Fsp3) is 0.417. The Morgan fingerprint density at radius 2 is 1.73 bits per heavy atom. The van der Waals surface area contributed by atoms with E-state index in [1.54, 1.807) is 6.21 Å². The third kappa shape index (κ3) is 4.06. The SMILES string of the molecule is Cc1ccc(C=N[S@@+]([O-])C(C)(C)C)cc1.